The van der Waals surface area contributed by atoms with Crippen LogP contribution in [0.4, 0.5) is 0 Å². The minimum atomic E-state index is -3.82. The van der Waals surface area contributed by atoms with Crippen LogP contribution in [0, 0.1) is 5.92 Å². The van der Waals surface area contributed by atoms with Gasteiger partial charge in [0.25, 0.3) is 5.91 Å². The highest BCUT2D eigenvalue weighted by Crippen LogP contribution is 2.35. The van der Waals surface area contributed by atoms with E-state index < -0.39 is 69.4 Å². The van der Waals surface area contributed by atoms with Crippen LogP contribution >= 0.6 is 0 Å². The zero-order valence-corrected chi connectivity index (χ0v) is 27.6. The van der Waals surface area contributed by atoms with Gasteiger partial charge in [0.15, 0.2) is 0 Å². The molecule has 0 saturated carbocycles. The maximum absolute atomic E-state index is 14.1. The summed E-state index contributed by atoms with van der Waals surface area (Å²) < 4.78 is 32.9. The lowest BCUT2D eigenvalue weighted by atomic mass is 9.92. The van der Waals surface area contributed by atoms with Gasteiger partial charge in [0.1, 0.15) is 29.8 Å². The van der Waals surface area contributed by atoms with Crippen LogP contribution in [0.5, 0.6) is 0 Å². The Bertz CT molecular complexity index is 1680. The molecule has 5 bridgehead atoms. The standard InChI is InChI=1S/C32H42N6O7S/c1-19(2)27-28(39)33-20(3)29(40)37-16-6-8-25(36-37)30(41)45-21(4)24-12-11-23-10-9-22(18-26(23)34-24)13-15-32(31(42)35-27)14-7-17-38(32)46(5,43)44/h9-13,15,18-21,25,27,36H,6-8,14,16-17H2,1-5H3,(H,33,39)(H,35,42)/b15-13+/t20-,21+,25-,27-,32-/m0/s1. The number of fused-ring (bicyclic) bond motifs is 4. The Morgan fingerprint density at radius 3 is 2.48 bits per heavy atom. The van der Waals surface area contributed by atoms with Crippen molar-refractivity contribution in [1.82, 2.24) is 30.4 Å². The molecule has 1 aromatic carbocycles. The highest BCUT2D eigenvalue weighted by atomic mass is 32.2. The van der Waals surface area contributed by atoms with Gasteiger partial charge < -0.3 is 15.4 Å². The smallest absolute Gasteiger partial charge is 0.325 e. The molecule has 14 heteroatoms. The van der Waals surface area contributed by atoms with Crippen LogP contribution in [-0.2, 0) is 33.9 Å². The minimum absolute atomic E-state index is 0.143. The number of esters is 1. The molecule has 3 N–H and O–H groups in total. The number of pyridine rings is 1. The summed E-state index contributed by atoms with van der Waals surface area (Å²) in [5.41, 5.74) is 3.20. The zero-order valence-electron chi connectivity index (χ0n) is 26.8. The Morgan fingerprint density at radius 1 is 1.02 bits per heavy atom. The quantitative estimate of drug-likeness (QED) is 0.409. The second kappa shape index (κ2) is 13.1. The Morgan fingerprint density at radius 2 is 1.76 bits per heavy atom. The van der Waals surface area contributed by atoms with E-state index in [0.29, 0.717) is 42.6 Å². The molecule has 3 aliphatic rings. The van der Waals surface area contributed by atoms with E-state index in [1.807, 2.05) is 24.3 Å². The van der Waals surface area contributed by atoms with Crippen molar-refractivity contribution in [3.63, 3.8) is 0 Å². The third-order valence-corrected chi connectivity index (χ3v) is 10.2. The Kier molecular flexibility index (Phi) is 9.52. The molecule has 5 atom stereocenters. The van der Waals surface area contributed by atoms with E-state index in [-0.39, 0.29) is 13.0 Å². The van der Waals surface area contributed by atoms with E-state index in [1.54, 1.807) is 39.0 Å². The molecule has 4 heterocycles. The van der Waals surface area contributed by atoms with Crippen molar-refractivity contribution in [2.75, 3.05) is 19.3 Å². The van der Waals surface area contributed by atoms with Crippen molar-refractivity contribution >= 4 is 50.7 Å². The number of aromatic nitrogens is 1. The molecule has 2 aromatic rings. The summed E-state index contributed by atoms with van der Waals surface area (Å²) in [7, 11) is -3.82. The van der Waals surface area contributed by atoms with E-state index in [9.17, 15) is 27.6 Å². The van der Waals surface area contributed by atoms with Crippen molar-refractivity contribution < 1.29 is 32.3 Å². The van der Waals surface area contributed by atoms with Crippen molar-refractivity contribution in [3.8, 4) is 0 Å². The van der Waals surface area contributed by atoms with Crippen molar-refractivity contribution in [2.45, 2.75) is 83.1 Å². The Balaban J connectivity index is 1.59. The number of amides is 3. The molecule has 2 saturated heterocycles. The van der Waals surface area contributed by atoms with Gasteiger partial charge in [-0.1, -0.05) is 44.2 Å². The van der Waals surface area contributed by atoms with Crippen LogP contribution < -0.4 is 16.1 Å². The molecule has 13 nitrogen and oxygen atoms in total. The number of hydrazine groups is 1. The number of hydrogen-bond donors (Lipinski definition) is 3. The van der Waals surface area contributed by atoms with Crippen LogP contribution in [0.15, 0.2) is 36.4 Å². The highest BCUT2D eigenvalue weighted by Gasteiger charge is 2.50. The number of carbonyl (C=O) groups is 4. The summed E-state index contributed by atoms with van der Waals surface area (Å²) >= 11 is 0. The van der Waals surface area contributed by atoms with E-state index >= 15 is 0 Å². The topological polar surface area (TPSA) is 167 Å². The first-order valence-corrected chi connectivity index (χ1v) is 17.5. The molecule has 46 heavy (non-hydrogen) atoms. The Hall–Kier alpha value is -3.88. The lowest BCUT2D eigenvalue weighted by Gasteiger charge is -2.36. The minimum Gasteiger partial charge on any atom is -0.455 e. The van der Waals surface area contributed by atoms with Gasteiger partial charge in [0, 0.05) is 18.5 Å². The van der Waals surface area contributed by atoms with Crippen LogP contribution in [0.1, 0.15) is 70.7 Å². The third kappa shape index (κ3) is 6.79. The monoisotopic (exact) mass is 654 g/mol. The summed E-state index contributed by atoms with van der Waals surface area (Å²) in [4.78, 5) is 58.9. The number of ether oxygens (including phenoxy) is 1. The fourth-order valence-electron chi connectivity index (χ4n) is 6.29. The molecule has 5 rings (SSSR count). The lowest BCUT2D eigenvalue weighted by Crippen LogP contribution is -2.63. The van der Waals surface area contributed by atoms with Gasteiger partial charge in [-0.25, -0.2) is 18.8 Å². The predicted molar refractivity (Wildman–Crippen MR) is 171 cm³/mol. The van der Waals surface area contributed by atoms with Crippen molar-refractivity contribution in [3.05, 3.63) is 47.7 Å². The molecule has 1 aromatic heterocycles. The number of hydrogen-bond acceptors (Lipinski definition) is 9. The maximum Gasteiger partial charge on any atom is 0.325 e. The molecule has 0 unspecified atom stereocenters. The molecule has 0 radical (unpaired) electrons. The van der Waals surface area contributed by atoms with Crippen molar-refractivity contribution in [1.29, 1.82) is 0 Å². The van der Waals surface area contributed by atoms with Crippen LogP contribution in [0.25, 0.3) is 17.0 Å². The van der Waals surface area contributed by atoms with Crippen LogP contribution in [0.2, 0.25) is 0 Å². The number of rotatable bonds is 2. The number of carbonyl (C=O) groups excluding carboxylic acids is 4. The SMILES string of the molecule is CC(C)[C@@H]1NC(=O)[C@@]2(/C=C/c3ccc4ccc(nc4c3)[C@@H](C)OC(=O)[C@@H]3CCCN(N3)C(=O)[C@H](C)NC1=O)CCCN2S(C)(=O)=O. The van der Waals surface area contributed by atoms with Crippen molar-refractivity contribution in [2.24, 2.45) is 5.92 Å². The zero-order chi connectivity index (χ0) is 33.4. The van der Waals surface area contributed by atoms with E-state index in [0.717, 1.165) is 11.6 Å². The molecule has 3 aliphatic heterocycles. The summed E-state index contributed by atoms with van der Waals surface area (Å²) in [6.45, 7) is 7.23. The van der Waals surface area contributed by atoms with E-state index in [1.165, 1.54) is 16.2 Å². The Labute approximate surface area is 269 Å². The van der Waals surface area contributed by atoms with E-state index in [4.69, 9.17) is 9.72 Å². The summed E-state index contributed by atoms with van der Waals surface area (Å²) in [5.74, 6) is -2.58. The summed E-state index contributed by atoms with van der Waals surface area (Å²) in [5, 5.41) is 7.67. The van der Waals surface area contributed by atoms with Gasteiger partial charge in [-0.2, -0.15) is 4.31 Å². The second-order valence-electron chi connectivity index (χ2n) is 12.7. The van der Waals surface area contributed by atoms with Crippen LogP contribution in [-0.4, -0.2) is 89.4 Å². The number of nitrogens with one attached hydrogen (secondary N) is 3. The molecule has 248 valence electrons. The molecular weight excluding hydrogens is 612 g/mol. The van der Waals surface area contributed by atoms with Gasteiger partial charge in [0.05, 0.1) is 17.5 Å². The first kappa shape index (κ1) is 33.5. The third-order valence-electron chi connectivity index (χ3n) is 8.86. The van der Waals surface area contributed by atoms with Gasteiger partial charge >= 0.3 is 5.97 Å². The molecule has 3 amide bonds. The number of nitrogens with zero attached hydrogens (tertiary/aromatic N) is 3. The largest absolute Gasteiger partial charge is 0.455 e. The predicted octanol–water partition coefficient (Wildman–Crippen LogP) is 1.80. The van der Waals surface area contributed by atoms with Gasteiger partial charge in [0.2, 0.25) is 21.8 Å². The van der Waals surface area contributed by atoms with Crippen LogP contribution in [0.3, 0.4) is 0 Å². The molecule has 2 fully saturated rings. The first-order valence-electron chi connectivity index (χ1n) is 15.7. The van der Waals surface area contributed by atoms with Gasteiger partial charge in [-0.15, -0.1) is 0 Å². The fourth-order valence-corrected chi connectivity index (χ4v) is 7.58. The average Bonchev–Trinajstić information content (AvgIpc) is 3.47. The number of cyclic esters (lactones) is 1. The average molecular weight is 655 g/mol. The fraction of sp³-hybridized carbons (Fsp3) is 0.531. The maximum atomic E-state index is 14.1. The van der Waals surface area contributed by atoms with E-state index in [2.05, 4.69) is 16.1 Å². The second-order valence-corrected chi connectivity index (χ2v) is 14.6. The highest BCUT2D eigenvalue weighted by molar-refractivity contribution is 7.88. The van der Waals surface area contributed by atoms with Gasteiger partial charge in [-0.05, 0) is 63.1 Å². The number of benzene rings is 1. The molecule has 0 aliphatic carbocycles. The van der Waals surface area contributed by atoms with Gasteiger partial charge in [-0.3, -0.25) is 24.2 Å². The lowest BCUT2D eigenvalue weighted by molar-refractivity contribution is -0.157. The normalized spacial score (nSPS) is 29.6. The summed E-state index contributed by atoms with van der Waals surface area (Å²) in [6.07, 6.45) is 5.31. The molecular formula is C32H42N6O7S. The number of sulfonamides is 1. The summed E-state index contributed by atoms with van der Waals surface area (Å²) in [6, 6.07) is 6.36. The molecule has 1 spiro atoms. The first-order chi connectivity index (χ1) is 21.7.